The van der Waals surface area contributed by atoms with Crippen LogP contribution in [0.5, 0.6) is 0 Å². The van der Waals surface area contributed by atoms with Gasteiger partial charge < -0.3 is 4.98 Å². The average molecular weight is 442 g/mol. The van der Waals surface area contributed by atoms with Crippen LogP contribution in [0.25, 0.3) is 49.1 Å². The summed E-state index contributed by atoms with van der Waals surface area (Å²) < 4.78 is 1.82. The third-order valence-electron chi connectivity index (χ3n) is 5.32. The van der Waals surface area contributed by atoms with Gasteiger partial charge in [0.2, 0.25) is 10.8 Å². The van der Waals surface area contributed by atoms with Crippen molar-refractivity contribution >= 4 is 38.8 Å². The number of nitrogens with one attached hydrogen (secondary N) is 1. The molecule has 0 atom stereocenters. The Balaban J connectivity index is 1.59. The Morgan fingerprint density at radius 3 is 2.52 bits per heavy atom. The van der Waals surface area contributed by atoms with E-state index in [1.54, 1.807) is 0 Å². The summed E-state index contributed by atoms with van der Waals surface area (Å²) in [7, 11) is 0. The van der Waals surface area contributed by atoms with E-state index < -0.39 is 0 Å². The predicted octanol–water partition coefficient (Wildman–Crippen LogP) is 6.63. The lowest BCUT2D eigenvalue weighted by molar-refractivity contribution is 0.965. The highest BCUT2D eigenvalue weighted by atomic mass is 35.5. The van der Waals surface area contributed by atoms with Gasteiger partial charge in [-0.2, -0.15) is 9.61 Å². The number of aromatic nitrogens is 5. The molecule has 0 aliphatic carbocycles. The number of H-pyrrole nitrogens is 1. The molecule has 3 heterocycles. The largest absolute Gasteiger partial charge is 0.351 e. The van der Waals surface area contributed by atoms with Crippen molar-refractivity contribution in [3.8, 4) is 33.2 Å². The summed E-state index contributed by atoms with van der Waals surface area (Å²) in [4.78, 5) is 4.31. The van der Waals surface area contributed by atoms with Crippen LogP contribution in [-0.4, -0.2) is 24.8 Å². The van der Waals surface area contributed by atoms with Gasteiger partial charge in [-0.15, -0.1) is 10.2 Å². The SMILES string of the molecule is Cc1ccc2[nH]c(-c3nnc4sc(-c5ccc(Cl)cc5)nn34)c(-c3ccccc3)c2c1. The molecule has 150 valence electrons. The minimum atomic E-state index is 0.694. The molecule has 6 aromatic rings. The van der Waals surface area contributed by atoms with Gasteiger partial charge in [0.15, 0.2) is 0 Å². The molecule has 0 amide bonds. The molecular formula is C24H16ClN5S. The number of fused-ring (bicyclic) bond motifs is 2. The Kier molecular flexibility index (Phi) is 4.16. The van der Waals surface area contributed by atoms with Crippen molar-refractivity contribution < 1.29 is 0 Å². The van der Waals surface area contributed by atoms with E-state index in [1.165, 1.54) is 16.9 Å². The number of aryl methyl sites for hydroxylation is 1. The minimum Gasteiger partial charge on any atom is -0.351 e. The summed E-state index contributed by atoms with van der Waals surface area (Å²) in [5.41, 5.74) is 6.41. The normalized spacial score (nSPS) is 11.5. The lowest BCUT2D eigenvalue weighted by Gasteiger charge is -2.04. The van der Waals surface area contributed by atoms with Gasteiger partial charge in [-0.3, -0.25) is 0 Å². The Morgan fingerprint density at radius 1 is 0.903 bits per heavy atom. The maximum Gasteiger partial charge on any atom is 0.235 e. The van der Waals surface area contributed by atoms with Crippen LogP contribution in [0.15, 0.2) is 72.8 Å². The molecule has 0 spiro atoms. The van der Waals surface area contributed by atoms with Crippen LogP contribution in [0, 0.1) is 6.92 Å². The molecule has 0 aliphatic heterocycles. The highest BCUT2D eigenvalue weighted by molar-refractivity contribution is 7.19. The molecule has 0 radical (unpaired) electrons. The van der Waals surface area contributed by atoms with Crippen LogP contribution in [-0.2, 0) is 0 Å². The second-order valence-corrected chi connectivity index (χ2v) is 8.81. The maximum atomic E-state index is 6.04. The van der Waals surface area contributed by atoms with Crippen molar-refractivity contribution in [2.24, 2.45) is 0 Å². The summed E-state index contributed by atoms with van der Waals surface area (Å²) >= 11 is 7.54. The third kappa shape index (κ3) is 3.03. The summed E-state index contributed by atoms with van der Waals surface area (Å²) in [5.74, 6) is 0.694. The van der Waals surface area contributed by atoms with Gasteiger partial charge in [-0.25, -0.2) is 0 Å². The van der Waals surface area contributed by atoms with Crippen molar-refractivity contribution in [1.29, 1.82) is 0 Å². The fourth-order valence-corrected chi connectivity index (χ4v) is 4.83. The quantitative estimate of drug-likeness (QED) is 0.335. The molecule has 0 aliphatic rings. The first-order valence-corrected chi connectivity index (χ1v) is 11.0. The van der Waals surface area contributed by atoms with E-state index in [-0.39, 0.29) is 0 Å². The van der Waals surface area contributed by atoms with E-state index in [9.17, 15) is 0 Å². The minimum absolute atomic E-state index is 0.694. The average Bonchev–Trinajstić information content (AvgIpc) is 3.47. The molecule has 3 aromatic heterocycles. The zero-order valence-electron chi connectivity index (χ0n) is 16.5. The first-order valence-electron chi connectivity index (χ1n) is 9.84. The van der Waals surface area contributed by atoms with Gasteiger partial charge in [-0.05, 0) is 36.8 Å². The molecule has 0 saturated carbocycles. The van der Waals surface area contributed by atoms with E-state index in [2.05, 4.69) is 64.6 Å². The molecule has 0 fully saturated rings. The van der Waals surface area contributed by atoms with E-state index in [4.69, 9.17) is 16.7 Å². The van der Waals surface area contributed by atoms with Gasteiger partial charge in [0.05, 0.1) is 5.69 Å². The first kappa shape index (κ1) is 18.3. The van der Waals surface area contributed by atoms with Gasteiger partial charge >= 0.3 is 0 Å². The lowest BCUT2D eigenvalue weighted by Crippen LogP contribution is -1.93. The first-order chi connectivity index (χ1) is 15.2. The zero-order valence-corrected chi connectivity index (χ0v) is 18.1. The monoisotopic (exact) mass is 441 g/mol. The third-order valence-corrected chi connectivity index (χ3v) is 6.52. The second kappa shape index (κ2) is 7.04. The number of hydrogen-bond acceptors (Lipinski definition) is 4. The highest BCUT2D eigenvalue weighted by Crippen LogP contribution is 2.39. The number of aromatic amines is 1. The Morgan fingerprint density at radius 2 is 1.71 bits per heavy atom. The van der Waals surface area contributed by atoms with Crippen LogP contribution in [0.3, 0.4) is 0 Å². The van der Waals surface area contributed by atoms with E-state index >= 15 is 0 Å². The van der Waals surface area contributed by atoms with Crippen LogP contribution in [0.2, 0.25) is 5.02 Å². The fourth-order valence-electron chi connectivity index (χ4n) is 3.86. The smallest absolute Gasteiger partial charge is 0.235 e. The van der Waals surface area contributed by atoms with E-state index in [0.29, 0.717) is 10.8 Å². The van der Waals surface area contributed by atoms with Crippen molar-refractivity contribution in [3.63, 3.8) is 0 Å². The molecule has 0 bridgehead atoms. The Bertz CT molecular complexity index is 1540. The molecule has 31 heavy (non-hydrogen) atoms. The van der Waals surface area contributed by atoms with Gasteiger partial charge in [-0.1, -0.05) is 77.0 Å². The molecule has 0 unspecified atom stereocenters. The Labute approximate surface area is 187 Å². The standard InChI is InChI=1S/C24H16ClN5S/c1-14-7-12-19-18(13-14)20(15-5-3-2-4-6-15)21(26-19)22-27-28-24-30(22)29-23(31-24)16-8-10-17(25)11-9-16/h2-13,26H,1H3. The predicted molar refractivity (Wildman–Crippen MR) is 127 cm³/mol. The summed E-state index contributed by atoms with van der Waals surface area (Å²) in [6, 6.07) is 24.5. The van der Waals surface area contributed by atoms with Crippen LogP contribution in [0.4, 0.5) is 0 Å². The number of halogens is 1. The second-order valence-electron chi connectivity index (χ2n) is 7.42. The summed E-state index contributed by atoms with van der Waals surface area (Å²) in [6.07, 6.45) is 0. The molecule has 3 aromatic carbocycles. The van der Waals surface area contributed by atoms with Gasteiger partial charge in [0.25, 0.3) is 0 Å². The molecule has 0 saturated heterocycles. The molecule has 6 rings (SSSR count). The van der Waals surface area contributed by atoms with Crippen molar-refractivity contribution in [2.45, 2.75) is 6.92 Å². The number of rotatable bonds is 3. The van der Waals surface area contributed by atoms with Crippen molar-refractivity contribution in [1.82, 2.24) is 24.8 Å². The van der Waals surface area contributed by atoms with Crippen LogP contribution >= 0.6 is 22.9 Å². The van der Waals surface area contributed by atoms with Crippen molar-refractivity contribution in [2.75, 3.05) is 0 Å². The topological polar surface area (TPSA) is 58.9 Å². The number of benzene rings is 3. The van der Waals surface area contributed by atoms with E-state index in [0.717, 1.165) is 43.3 Å². The summed E-state index contributed by atoms with van der Waals surface area (Å²) in [5, 5.41) is 16.4. The van der Waals surface area contributed by atoms with Crippen molar-refractivity contribution in [3.05, 3.63) is 83.4 Å². The molecule has 1 N–H and O–H groups in total. The fraction of sp³-hybridized carbons (Fsp3) is 0.0417. The molecular weight excluding hydrogens is 426 g/mol. The van der Waals surface area contributed by atoms with Gasteiger partial charge in [0, 0.05) is 27.1 Å². The van der Waals surface area contributed by atoms with Gasteiger partial charge in [0.1, 0.15) is 5.01 Å². The van der Waals surface area contributed by atoms with Crippen LogP contribution < -0.4 is 0 Å². The maximum absolute atomic E-state index is 6.04. The summed E-state index contributed by atoms with van der Waals surface area (Å²) in [6.45, 7) is 2.11. The zero-order chi connectivity index (χ0) is 20.9. The van der Waals surface area contributed by atoms with Crippen LogP contribution in [0.1, 0.15) is 5.56 Å². The number of hydrogen-bond donors (Lipinski definition) is 1. The molecule has 7 heteroatoms. The van der Waals surface area contributed by atoms with E-state index in [1.807, 2.05) is 34.8 Å². The highest BCUT2D eigenvalue weighted by Gasteiger charge is 2.21. The lowest BCUT2D eigenvalue weighted by atomic mass is 10.0. The number of nitrogens with zero attached hydrogens (tertiary/aromatic N) is 4. The Hall–Kier alpha value is -3.48. The molecule has 5 nitrogen and oxygen atoms in total.